The molecule has 0 spiro atoms. The molecule has 2 nitrogen and oxygen atoms in total. The van der Waals surface area contributed by atoms with Crippen molar-refractivity contribution < 1.29 is 0 Å². The number of hydrogen-bond donors (Lipinski definition) is 1. The van der Waals surface area contributed by atoms with E-state index in [4.69, 9.17) is 0 Å². The average molecular weight is 180 g/mol. The molecule has 12 heavy (non-hydrogen) atoms. The maximum absolute atomic E-state index is 4.39. The van der Waals surface area contributed by atoms with Crippen LogP contribution in [0.1, 0.15) is 12.5 Å². The van der Waals surface area contributed by atoms with E-state index in [0.29, 0.717) is 0 Å². The molecule has 1 aliphatic rings. The Balaban J connectivity index is 2.36. The van der Waals surface area contributed by atoms with Crippen LogP contribution in [0.5, 0.6) is 0 Å². The molecule has 1 aromatic heterocycles. The lowest BCUT2D eigenvalue weighted by Crippen LogP contribution is -2.11. The van der Waals surface area contributed by atoms with Crippen LogP contribution in [0.15, 0.2) is 17.3 Å². The second kappa shape index (κ2) is 3.35. The molecule has 0 aromatic carbocycles. The predicted octanol–water partition coefficient (Wildman–Crippen LogP) is 2.16. The van der Waals surface area contributed by atoms with E-state index in [0.717, 1.165) is 23.7 Å². The van der Waals surface area contributed by atoms with Crippen LogP contribution in [0, 0.1) is 0 Å². The van der Waals surface area contributed by atoms with Crippen LogP contribution in [-0.4, -0.2) is 17.3 Å². The quantitative estimate of drug-likeness (QED) is 0.717. The van der Waals surface area contributed by atoms with E-state index >= 15 is 0 Å². The second-order valence-corrected chi connectivity index (χ2v) is 3.91. The van der Waals surface area contributed by atoms with Gasteiger partial charge < -0.3 is 5.32 Å². The summed E-state index contributed by atoms with van der Waals surface area (Å²) < 4.78 is 0. The Bertz CT molecular complexity index is 286. The van der Waals surface area contributed by atoms with Crippen LogP contribution < -0.4 is 5.32 Å². The Morgan fingerprint density at radius 1 is 1.67 bits per heavy atom. The Hall–Kier alpha value is -0.700. The molecule has 0 fully saturated rings. The molecule has 1 aliphatic heterocycles. The van der Waals surface area contributed by atoms with Gasteiger partial charge in [0.1, 0.15) is 5.03 Å². The van der Waals surface area contributed by atoms with Crippen molar-refractivity contribution in [2.75, 3.05) is 17.6 Å². The Kier molecular flexibility index (Phi) is 2.21. The minimum absolute atomic E-state index is 1.06. The predicted molar refractivity (Wildman–Crippen MR) is 52.8 cm³/mol. The van der Waals surface area contributed by atoms with E-state index in [1.165, 1.54) is 11.3 Å². The first-order valence-corrected chi connectivity index (χ1v) is 5.24. The standard InChI is InChI=1S/C9H12N2S/c1-2-7-5-8-9(11-6-7)12-4-3-10-8/h5-6,10H,2-4H2,1H3. The fourth-order valence-corrected chi connectivity index (χ4v) is 2.08. The van der Waals surface area contributed by atoms with E-state index in [9.17, 15) is 0 Å². The van der Waals surface area contributed by atoms with Gasteiger partial charge in [-0.25, -0.2) is 4.98 Å². The number of fused-ring (bicyclic) bond motifs is 1. The molecule has 2 rings (SSSR count). The summed E-state index contributed by atoms with van der Waals surface area (Å²) in [6.45, 7) is 3.21. The molecule has 0 aliphatic carbocycles. The monoisotopic (exact) mass is 180 g/mol. The van der Waals surface area contributed by atoms with Crippen molar-refractivity contribution >= 4 is 17.4 Å². The summed E-state index contributed by atoms with van der Waals surface area (Å²) in [5.74, 6) is 1.13. The maximum atomic E-state index is 4.39. The molecule has 0 saturated heterocycles. The largest absolute Gasteiger partial charge is 0.382 e. The molecule has 0 bridgehead atoms. The van der Waals surface area contributed by atoms with Gasteiger partial charge in [0, 0.05) is 18.5 Å². The highest BCUT2D eigenvalue weighted by Gasteiger charge is 2.09. The molecule has 0 unspecified atom stereocenters. The number of anilines is 1. The molecular formula is C9H12N2S. The second-order valence-electron chi connectivity index (χ2n) is 2.83. The van der Waals surface area contributed by atoms with Crippen molar-refractivity contribution in [1.82, 2.24) is 4.98 Å². The number of nitrogens with one attached hydrogen (secondary N) is 1. The molecule has 1 N–H and O–H groups in total. The Morgan fingerprint density at radius 3 is 3.42 bits per heavy atom. The van der Waals surface area contributed by atoms with Crippen molar-refractivity contribution in [3.8, 4) is 0 Å². The number of pyridine rings is 1. The molecule has 0 atom stereocenters. The summed E-state index contributed by atoms with van der Waals surface area (Å²) in [4.78, 5) is 4.39. The molecule has 0 radical (unpaired) electrons. The summed E-state index contributed by atoms with van der Waals surface area (Å²) >= 11 is 1.83. The number of rotatable bonds is 1. The van der Waals surface area contributed by atoms with Gasteiger partial charge in [0.2, 0.25) is 0 Å². The zero-order chi connectivity index (χ0) is 8.39. The summed E-state index contributed by atoms with van der Waals surface area (Å²) in [5, 5.41) is 4.51. The van der Waals surface area contributed by atoms with E-state index in [1.807, 2.05) is 18.0 Å². The van der Waals surface area contributed by atoms with Gasteiger partial charge in [-0.15, -0.1) is 11.8 Å². The summed E-state index contributed by atoms with van der Waals surface area (Å²) in [6.07, 6.45) is 3.03. The lowest BCUT2D eigenvalue weighted by atomic mass is 10.2. The Labute approximate surface area is 76.8 Å². The normalized spacial score (nSPS) is 15.1. The van der Waals surface area contributed by atoms with Gasteiger partial charge in [0.15, 0.2) is 0 Å². The van der Waals surface area contributed by atoms with Crippen LogP contribution in [-0.2, 0) is 6.42 Å². The first kappa shape index (κ1) is 7.92. The van der Waals surface area contributed by atoms with E-state index in [2.05, 4.69) is 23.3 Å². The van der Waals surface area contributed by atoms with Crippen LogP contribution in [0.4, 0.5) is 5.69 Å². The number of hydrogen-bond acceptors (Lipinski definition) is 3. The fourth-order valence-electron chi connectivity index (χ4n) is 1.26. The zero-order valence-corrected chi connectivity index (χ0v) is 7.95. The number of aryl methyl sites for hydroxylation is 1. The number of nitrogens with zero attached hydrogens (tertiary/aromatic N) is 1. The van der Waals surface area contributed by atoms with Crippen molar-refractivity contribution in [3.05, 3.63) is 17.8 Å². The van der Waals surface area contributed by atoms with E-state index in [-0.39, 0.29) is 0 Å². The molecule has 0 amide bonds. The summed E-state index contributed by atoms with van der Waals surface area (Å²) in [5.41, 5.74) is 2.52. The highest BCUT2D eigenvalue weighted by Crippen LogP contribution is 2.28. The third kappa shape index (κ3) is 1.41. The van der Waals surface area contributed by atoms with E-state index in [1.54, 1.807) is 0 Å². The number of thioether (sulfide) groups is 1. The number of aromatic nitrogens is 1. The average Bonchev–Trinajstić information content (AvgIpc) is 2.17. The van der Waals surface area contributed by atoms with Crippen LogP contribution in [0.25, 0.3) is 0 Å². The maximum Gasteiger partial charge on any atom is 0.119 e. The molecule has 0 saturated carbocycles. The first-order chi connectivity index (χ1) is 5.90. The van der Waals surface area contributed by atoms with Crippen molar-refractivity contribution in [1.29, 1.82) is 0 Å². The van der Waals surface area contributed by atoms with Gasteiger partial charge in [-0.2, -0.15) is 0 Å². The minimum atomic E-state index is 1.06. The highest BCUT2D eigenvalue weighted by atomic mass is 32.2. The van der Waals surface area contributed by atoms with E-state index < -0.39 is 0 Å². The smallest absolute Gasteiger partial charge is 0.119 e. The van der Waals surface area contributed by atoms with Crippen LogP contribution in [0.2, 0.25) is 0 Å². The fraction of sp³-hybridized carbons (Fsp3) is 0.444. The summed E-state index contributed by atoms with van der Waals surface area (Å²) in [7, 11) is 0. The van der Waals surface area contributed by atoms with Crippen LogP contribution in [0.3, 0.4) is 0 Å². The lowest BCUT2D eigenvalue weighted by Gasteiger charge is -2.16. The Morgan fingerprint density at radius 2 is 2.58 bits per heavy atom. The third-order valence-electron chi connectivity index (χ3n) is 1.97. The van der Waals surface area contributed by atoms with Crippen molar-refractivity contribution in [2.45, 2.75) is 18.4 Å². The van der Waals surface area contributed by atoms with Gasteiger partial charge in [-0.3, -0.25) is 0 Å². The molecule has 3 heteroatoms. The minimum Gasteiger partial charge on any atom is -0.382 e. The highest BCUT2D eigenvalue weighted by molar-refractivity contribution is 7.99. The molecule has 2 heterocycles. The molecule has 1 aromatic rings. The first-order valence-electron chi connectivity index (χ1n) is 4.25. The van der Waals surface area contributed by atoms with Gasteiger partial charge in [-0.05, 0) is 18.1 Å². The molecular weight excluding hydrogens is 168 g/mol. The van der Waals surface area contributed by atoms with Gasteiger partial charge in [0.05, 0.1) is 5.69 Å². The van der Waals surface area contributed by atoms with Gasteiger partial charge in [0.25, 0.3) is 0 Å². The lowest BCUT2D eigenvalue weighted by molar-refractivity contribution is 1.02. The van der Waals surface area contributed by atoms with Gasteiger partial charge in [-0.1, -0.05) is 6.92 Å². The molecule has 64 valence electrons. The van der Waals surface area contributed by atoms with Crippen molar-refractivity contribution in [3.63, 3.8) is 0 Å². The van der Waals surface area contributed by atoms with Gasteiger partial charge >= 0.3 is 0 Å². The SMILES string of the molecule is CCc1cnc2c(c1)NCCS2. The third-order valence-corrected chi connectivity index (χ3v) is 2.98. The zero-order valence-electron chi connectivity index (χ0n) is 7.13. The van der Waals surface area contributed by atoms with Crippen LogP contribution >= 0.6 is 11.8 Å². The van der Waals surface area contributed by atoms with Crippen molar-refractivity contribution in [2.24, 2.45) is 0 Å². The topological polar surface area (TPSA) is 24.9 Å². The summed E-state index contributed by atoms with van der Waals surface area (Å²) in [6, 6.07) is 2.20.